The van der Waals surface area contributed by atoms with Crippen LogP contribution in [0.1, 0.15) is 29.2 Å². The number of rotatable bonds is 7. The van der Waals surface area contributed by atoms with Crippen molar-refractivity contribution >= 4 is 52.0 Å². The number of ether oxygens (including phenoxy) is 1. The van der Waals surface area contributed by atoms with Crippen molar-refractivity contribution < 1.29 is 4.74 Å². The third kappa shape index (κ3) is 5.00. The maximum Gasteiger partial charge on any atom is 0.146 e. The first kappa shape index (κ1) is 25.0. The molecule has 0 saturated carbocycles. The number of halogens is 3. The predicted octanol–water partition coefficient (Wildman–Crippen LogP) is 4.68. The second-order valence-electron chi connectivity index (χ2n) is 8.49. The Kier molecular flexibility index (Phi) is 7.06. The molecule has 0 amide bonds. The SMILES string of the molecule is CNC1(C)CN(c2ncc(C(=N)c3cc(OCc4c(Cl)cncc4Cl)c(Cl)cc3N)cc2C#N)C1. The molecule has 8 nitrogen and oxygen atoms in total. The lowest BCUT2D eigenvalue weighted by Gasteiger charge is -2.48. The van der Waals surface area contributed by atoms with E-state index in [1.807, 2.05) is 11.9 Å². The molecule has 0 unspecified atom stereocenters. The van der Waals surface area contributed by atoms with E-state index in [1.165, 1.54) is 18.5 Å². The highest BCUT2D eigenvalue weighted by atomic mass is 35.5. The van der Waals surface area contributed by atoms with Crippen LogP contribution in [0.25, 0.3) is 0 Å². The summed E-state index contributed by atoms with van der Waals surface area (Å²) < 4.78 is 5.85. The molecule has 35 heavy (non-hydrogen) atoms. The molecule has 4 N–H and O–H groups in total. The first-order valence-corrected chi connectivity index (χ1v) is 11.7. The van der Waals surface area contributed by atoms with E-state index >= 15 is 0 Å². The Hall–Kier alpha value is -3.09. The fourth-order valence-electron chi connectivity index (χ4n) is 3.81. The minimum atomic E-state index is -0.0152. The summed E-state index contributed by atoms with van der Waals surface area (Å²) in [4.78, 5) is 10.4. The van der Waals surface area contributed by atoms with Crippen molar-refractivity contribution in [2.75, 3.05) is 30.8 Å². The number of benzene rings is 1. The normalized spacial score (nSPS) is 14.2. The number of anilines is 2. The average Bonchev–Trinajstić information content (AvgIpc) is 2.82. The van der Waals surface area contributed by atoms with E-state index in [9.17, 15) is 5.26 Å². The maximum absolute atomic E-state index is 9.72. The third-order valence-corrected chi connectivity index (χ3v) is 6.90. The number of hydrogen-bond acceptors (Lipinski definition) is 8. The van der Waals surface area contributed by atoms with Crippen molar-refractivity contribution in [3.8, 4) is 11.8 Å². The lowest BCUT2D eigenvalue weighted by atomic mass is 9.92. The summed E-state index contributed by atoms with van der Waals surface area (Å²) in [5, 5.41) is 22.7. The molecule has 180 valence electrons. The highest BCUT2D eigenvalue weighted by Gasteiger charge is 2.38. The Labute approximate surface area is 218 Å². The summed E-state index contributed by atoms with van der Waals surface area (Å²) in [6.45, 7) is 3.63. The van der Waals surface area contributed by atoms with Gasteiger partial charge in [0.25, 0.3) is 0 Å². The van der Waals surface area contributed by atoms with Gasteiger partial charge in [0.15, 0.2) is 0 Å². The van der Waals surface area contributed by atoms with Crippen molar-refractivity contribution in [2.24, 2.45) is 0 Å². The van der Waals surface area contributed by atoms with E-state index in [0.29, 0.717) is 49.6 Å². The Morgan fingerprint density at radius 2 is 1.89 bits per heavy atom. The molecule has 0 radical (unpaired) electrons. The molecule has 1 aliphatic heterocycles. The van der Waals surface area contributed by atoms with Crippen LogP contribution in [0.4, 0.5) is 11.5 Å². The minimum Gasteiger partial charge on any atom is -0.487 e. The van der Waals surface area contributed by atoms with Crippen LogP contribution in [-0.2, 0) is 6.61 Å². The number of hydrogen-bond donors (Lipinski definition) is 3. The zero-order valence-corrected chi connectivity index (χ0v) is 21.3. The van der Waals surface area contributed by atoms with Crippen LogP contribution >= 0.6 is 34.8 Å². The minimum absolute atomic E-state index is 0.0152. The van der Waals surface area contributed by atoms with Gasteiger partial charge in [0.05, 0.1) is 31.9 Å². The third-order valence-electron chi connectivity index (χ3n) is 5.96. The molecule has 3 aromatic rings. The number of nitrogens with one attached hydrogen (secondary N) is 2. The van der Waals surface area contributed by atoms with Gasteiger partial charge in [0.1, 0.15) is 24.2 Å². The monoisotopic (exact) mass is 529 g/mol. The van der Waals surface area contributed by atoms with Crippen molar-refractivity contribution in [2.45, 2.75) is 19.1 Å². The van der Waals surface area contributed by atoms with E-state index in [4.69, 9.17) is 50.7 Å². The highest BCUT2D eigenvalue weighted by molar-refractivity contribution is 6.35. The number of nitriles is 1. The van der Waals surface area contributed by atoms with E-state index < -0.39 is 0 Å². The molecule has 1 aromatic carbocycles. The number of pyridine rings is 2. The second kappa shape index (κ2) is 9.88. The zero-order valence-electron chi connectivity index (χ0n) is 19.0. The molecule has 4 rings (SSSR count). The molecule has 1 fully saturated rings. The van der Waals surface area contributed by atoms with Gasteiger partial charge >= 0.3 is 0 Å². The molecule has 0 spiro atoms. The lowest BCUT2D eigenvalue weighted by Crippen LogP contribution is -2.67. The standard InChI is InChI=1S/C24H22Cl3N7O/c1-24(31-2)11-34(12-24)23-13(6-28)3-14(7-33-23)22(30)15-4-21(17(25)5-20(15)29)35-10-16-18(26)8-32-9-19(16)27/h3-5,7-9,30-31H,10-12,29H2,1-2H3. The van der Waals surface area contributed by atoms with Crippen LogP contribution in [0.15, 0.2) is 36.8 Å². The largest absolute Gasteiger partial charge is 0.487 e. The summed E-state index contributed by atoms with van der Waals surface area (Å²) in [5.74, 6) is 0.901. The van der Waals surface area contributed by atoms with Gasteiger partial charge < -0.3 is 20.7 Å². The molecule has 1 saturated heterocycles. The first-order valence-electron chi connectivity index (χ1n) is 10.6. The molecule has 0 atom stereocenters. The maximum atomic E-state index is 9.72. The summed E-state index contributed by atoms with van der Waals surface area (Å²) in [6.07, 6.45) is 4.51. The molecular weight excluding hydrogens is 509 g/mol. The summed E-state index contributed by atoms with van der Waals surface area (Å²) in [6, 6.07) is 6.93. The van der Waals surface area contributed by atoms with Gasteiger partial charge in [-0.3, -0.25) is 10.4 Å². The van der Waals surface area contributed by atoms with Crippen LogP contribution in [0.2, 0.25) is 15.1 Å². The fraction of sp³-hybridized carbons (Fsp3) is 0.250. The summed E-state index contributed by atoms with van der Waals surface area (Å²) in [5.41, 5.74) is 8.33. The number of nitrogen functional groups attached to an aromatic ring is 1. The predicted molar refractivity (Wildman–Crippen MR) is 139 cm³/mol. The summed E-state index contributed by atoms with van der Waals surface area (Å²) in [7, 11) is 1.91. The molecule has 0 bridgehead atoms. The Morgan fingerprint density at radius 1 is 1.20 bits per heavy atom. The van der Waals surface area contributed by atoms with E-state index in [1.54, 1.807) is 18.3 Å². The van der Waals surface area contributed by atoms with E-state index in [2.05, 4.69) is 28.3 Å². The number of nitrogens with zero attached hydrogens (tertiary/aromatic N) is 4. The van der Waals surface area contributed by atoms with Crippen molar-refractivity contribution in [3.63, 3.8) is 0 Å². The van der Waals surface area contributed by atoms with Gasteiger partial charge in [-0.15, -0.1) is 0 Å². The number of aromatic nitrogens is 2. The topological polar surface area (TPSA) is 124 Å². The van der Waals surface area contributed by atoms with Crippen LogP contribution in [0, 0.1) is 16.7 Å². The van der Waals surface area contributed by atoms with Gasteiger partial charge in [0.2, 0.25) is 0 Å². The van der Waals surface area contributed by atoms with E-state index in [0.717, 1.165) is 13.1 Å². The number of likely N-dealkylation sites (N-methyl/N-ethyl adjacent to an activating group) is 1. The second-order valence-corrected chi connectivity index (χ2v) is 9.71. The van der Waals surface area contributed by atoms with Crippen LogP contribution in [-0.4, -0.2) is 41.4 Å². The van der Waals surface area contributed by atoms with Crippen LogP contribution in [0.3, 0.4) is 0 Å². The highest BCUT2D eigenvalue weighted by Crippen LogP contribution is 2.34. The van der Waals surface area contributed by atoms with Gasteiger partial charge in [-0.1, -0.05) is 34.8 Å². The fourth-order valence-corrected chi connectivity index (χ4v) is 4.51. The molecule has 0 aliphatic carbocycles. The van der Waals surface area contributed by atoms with Crippen LogP contribution < -0.4 is 20.7 Å². The molecule has 3 heterocycles. The molecular formula is C24H22Cl3N7O. The quantitative estimate of drug-likeness (QED) is 0.299. The molecule has 1 aliphatic rings. The van der Waals surface area contributed by atoms with Gasteiger partial charge in [-0.2, -0.15) is 5.26 Å². The zero-order chi connectivity index (χ0) is 25.3. The van der Waals surface area contributed by atoms with Crippen molar-refractivity contribution in [1.82, 2.24) is 15.3 Å². The van der Waals surface area contributed by atoms with E-state index in [-0.39, 0.29) is 22.9 Å². The first-order chi connectivity index (χ1) is 16.7. The average molecular weight is 531 g/mol. The van der Waals surface area contributed by atoms with Crippen molar-refractivity contribution in [3.05, 3.63) is 74.1 Å². The Morgan fingerprint density at radius 3 is 2.51 bits per heavy atom. The van der Waals surface area contributed by atoms with Crippen molar-refractivity contribution in [1.29, 1.82) is 10.7 Å². The van der Waals surface area contributed by atoms with Gasteiger partial charge in [-0.25, -0.2) is 4.98 Å². The number of nitrogens with two attached hydrogens (primary N) is 1. The smallest absolute Gasteiger partial charge is 0.146 e. The van der Waals surface area contributed by atoms with Gasteiger partial charge in [-0.05, 0) is 32.2 Å². The lowest BCUT2D eigenvalue weighted by molar-refractivity contribution is 0.301. The Bertz CT molecular complexity index is 1330. The molecule has 2 aromatic heterocycles. The van der Waals surface area contributed by atoms with Gasteiger partial charge in [0, 0.05) is 54.1 Å². The Balaban J connectivity index is 1.59. The van der Waals surface area contributed by atoms with Crippen LogP contribution in [0.5, 0.6) is 5.75 Å². The molecule has 11 heteroatoms. The summed E-state index contributed by atoms with van der Waals surface area (Å²) >= 11 is 18.7.